The van der Waals surface area contributed by atoms with Crippen LogP contribution in [0.5, 0.6) is 0 Å². The van der Waals surface area contributed by atoms with Crippen LogP contribution in [0.1, 0.15) is 24.6 Å². The summed E-state index contributed by atoms with van der Waals surface area (Å²) in [4.78, 5) is 34.2. The predicted molar refractivity (Wildman–Crippen MR) is 106 cm³/mol. The van der Waals surface area contributed by atoms with Crippen molar-refractivity contribution in [2.24, 2.45) is 4.99 Å². The molecular weight excluding hydrogens is 376 g/mol. The number of nitrogens with zero attached hydrogens (tertiary/aromatic N) is 4. The SMILES string of the molecule is CC(C(=O)OC[C@H]1OC[C@@H](n2ccc(N=CN(C)C)nc2=O)O1)c1ccccc1. The van der Waals surface area contributed by atoms with Gasteiger partial charge in [-0.05, 0) is 18.6 Å². The van der Waals surface area contributed by atoms with Gasteiger partial charge in [-0.1, -0.05) is 30.3 Å². The average Bonchev–Trinajstić information content (AvgIpc) is 3.19. The number of aliphatic imine (C=N–C) groups is 1. The van der Waals surface area contributed by atoms with Crippen molar-refractivity contribution >= 4 is 18.1 Å². The number of hydrogen-bond acceptors (Lipinski definition) is 7. The zero-order valence-electron chi connectivity index (χ0n) is 16.6. The molecule has 0 N–H and O–H groups in total. The molecule has 1 unspecified atom stereocenters. The highest BCUT2D eigenvalue weighted by Crippen LogP contribution is 2.22. The summed E-state index contributed by atoms with van der Waals surface area (Å²) < 4.78 is 17.8. The monoisotopic (exact) mass is 400 g/mol. The van der Waals surface area contributed by atoms with Gasteiger partial charge in [0.05, 0.1) is 18.9 Å². The van der Waals surface area contributed by atoms with Gasteiger partial charge in [-0.15, -0.1) is 0 Å². The number of ether oxygens (including phenoxy) is 3. The van der Waals surface area contributed by atoms with E-state index in [0.717, 1.165) is 5.56 Å². The van der Waals surface area contributed by atoms with E-state index in [1.54, 1.807) is 30.4 Å². The van der Waals surface area contributed by atoms with Crippen LogP contribution in [0.2, 0.25) is 0 Å². The fourth-order valence-corrected chi connectivity index (χ4v) is 2.70. The molecule has 9 heteroatoms. The van der Waals surface area contributed by atoms with Crippen molar-refractivity contribution in [2.45, 2.75) is 25.4 Å². The van der Waals surface area contributed by atoms with Crippen molar-refractivity contribution in [3.63, 3.8) is 0 Å². The zero-order chi connectivity index (χ0) is 20.8. The quantitative estimate of drug-likeness (QED) is 0.396. The Balaban J connectivity index is 1.54. The Morgan fingerprint density at radius 3 is 2.83 bits per heavy atom. The lowest BCUT2D eigenvalue weighted by molar-refractivity contribution is -0.160. The molecule has 1 saturated heterocycles. The minimum Gasteiger partial charge on any atom is -0.460 e. The van der Waals surface area contributed by atoms with Gasteiger partial charge < -0.3 is 19.1 Å². The molecule has 1 fully saturated rings. The van der Waals surface area contributed by atoms with Gasteiger partial charge in [-0.3, -0.25) is 9.36 Å². The van der Waals surface area contributed by atoms with Gasteiger partial charge in [-0.25, -0.2) is 9.79 Å². The molecule has 1 aromatic carbocycles. The summed E-state index contributed by atoms with van der Waals surface area (Å²) >= 11 is 0. The molecule has 3 rings (SSSR count). The maximum atomic E-state index is 12.2. The van der Waals surface area contributed by atoms with Gasteiger partial charge in [0, 0.05) is 20.3 Å². The van der Waals surface area contributed by atoms with E-state index >= 15 is 0 Å². The summed E-state index contributed by atoms with van der Waals surface area (Å²) in [6, 6.07) is 11.0. The molecule has 0 radical (unpaired) electrons. The third-order valence-electron chi connectivity index (χ3n) is 4.29. The standard InChI is InChI=1S/C20H24N4O5/c1-14(15-7-5-4-6-8-15)19(25)28-12-18-27-11-17(29-18)24-10-9-16(22-20(24)26)21-13-23(2)3/h4-10,13-14,17-18H,11-12H2,1-3H3/t14?,17-,18-/m0/s1. The summed E-state index contributed by atoms with van der Waals surface area (Å²) in [5, 5.41) is 0. The summed E-state index contributed by atoms with van der Waals surface area (Å²) in [7, 11) is 3.64. The Morgan fingerprint density at radius 2 is 2.14 bits per heavy atom. The predicted octanol–water partition coefficient (Wildman–Crippen LogP) is 1.68. The summed E-state index contributed by atoms with van der Waals surface area (Å²) in [5.41, 5.74) is 0.376. The van der Waals surface area contributed by atoms with Gasteiger partial charge in [0.2, 0.25) is 0 Å². The summed E-state index contributed by atoms with van der Waals surface area (Å²) in [6.07, 6.45) is 1.72. The lowest BCUT2D eigenvalue weighted by atomic mass is 10.0. The van der Waals surface area contributed by atoms with Crippen molar-refractivity contribution < 1.29 is 19.0 Å². The third-order valence-corrected chi connectivity index (χ3v) is 4.29. The van der Waals surface area contributed by atoms with E-state index in [0.29, 0.717) is 5.82 Å². The Hall–Kier alpha value is -3.04. The van der Waals surface area contributed by atoms with Crippen molar-refractivity contribution in [3.05, 3.63) is 58.6 Å². The number of hydrogen-bond donors (Lipinski definition) is 0. The third kappa shape index (κ3) is 5.49. The fraction of sp³-hybridized carbons (Fsp3) is 0.400. The minimum atomic E-state index is -0.745. The molecular formula is C20H24N4O5. The first-order valence-corrected chi connectivity index (χ1v) is 9.22. The molecule has 29 heavy (non-hydrogen) atoms. The Labute approximate surface area is 168 Å². The highest BCUT2D eigenvalue weighted by Gasteiger charge is 2.30. The number of carbonyl (C=O) groups excluding carboxylic acids is 1. The topological polar surface area (TPSA) is 95.3 Å². The van der Waals surface area contributed by atoms with Crippen LogP contribution in [0.3, 0.4) is 0 Å². The lowest BCUT2D eigenvalue weighted by Crippen LogP contribution is -2.28. The number of rotatable bonds is 7. The van der Waals surface area contributed by atoms with E-state index in [2.05, 4.69) is 9.98 Å². The van der Waals surface area contributed by atoms with Gasteiger partial charge >= 0.3 is 11.7 Å². The van der Waals surface area contributed by atoms with Gasteiger partial charge in [0.1, 0.15) is 6.61 Å². The van der Waals surface area contributed by atoms with E-state index < -0.39 is 24.1 Å². The maximum Gasteiger partial charge on any atom is 0.351 e. The van der Waals surface area contributed by atoms with E-state index in [-0.39, 0.29) is 19.2 Å². The number of esters is 1. The van der Waals surface area contributed by atoms with Crippen LogP contribution in [0.4, 0.5) is 5.82 Å². The smallest absolute Gasteiger partial charge is 0.351 e. The normalized spacial score (nSPS) is 20.0. The molecule has 1 aromatic heterocycles. The Morgan fingerprint density at radius 1 is 1.38 bits per heavy atom. The number of aromatic nitrogens is 2. The van der Waals surface area contributed by atoms with Crippen LogP contribution in [0.15, 0.2) is 52.4 Å². The van der Waals surface area contributed by atoms with Crippen molar-refractivity contribution in [1.82, 2.24) is 14.5 Å². The van der Waals surface area contributed by atoms with Gasteiger partial charge in [0.15, 0.2) is 18.3 Å². The molecule has 2 heterocycles. The van der Waals surface area contributed by atoms with E-state index in [1.165, 1.54) is 4.57 Å². The van der Waals surface area contributed by atoms with E-state index in [9.17, 15) is 9.59 Å². The first-order valence-electron chi connectivity index (χ1n) is 9.22. The molecule has 0 amide bonds. The Bertz CT molecular complexity index is 913. The summed E-state index contributed by atoms with van der Waals surface area (Å²) in [5.74, 6) is -0.455. The second-order valence-electron chi connectivity index (χ2n) is 6.80. The molecule has 2 aromatic rings. The molecule has 3 atom stereocenters. The van der Waals surface area contributed by atoms with Crippen LogP contribution >= 0.6 is 0 Å². The molecule has 154 valence electrons. The molecule has 1 aliphatic rings. The minimum absolute atomic E-state index is 0.0557. The molecule has 0 bridgehead atoms. The van der Waals surface area contributed by atoms with Crippen molar-refractivity contribution in [1.29, 1.82) is 0 Å². The van der Waals surface area contributed by atoms with E-state index in [1.807, 2.05) is 44.4 Å². The molecule has 0 aliphatic carbocycles. The first-order chi connectivity index (χ1) is 13.9. The molecule has 9 nitrogen and oxygen atoms in total. The van der Waals surface area contributed by atoms with Crippen LogP contribution < -0.4 is 5.69 Å². The Kier molecular flexibility index (Phi) is 6.73. The van der Waals surface area contributed by atoms with Crippen LogP contribution in [-0.4, -0.2) is 60.4 Å². The number of carbonyl (C=O) groups is 1. The highest BCUT2D eigenvalue weighted by molar-refractivity contribution is 5.77. The number of benzene rings is 1. The largest absolute Gasteiger partial charge is 0.460 e. The first kappa shape index (κ1) is 20.7. The van der Waals surface area contributed by atoms with Crippen molar-refractivity contribution in [3.8, 4) is 0 Å². The van der Waals surface area contributed by atoms with Gasteiger partial charge in [0.25, 0.3) is 0 Å². The van der Waals surface area contributed by atoms with E-state index in [4.69, 9.17) is 14.2 Å². The van der Waals surface area contributed by atoms with Crippen LogP contribution in [0.25, 0.3) is 0 Å². The second-order valence-corrected chi connectivity index (χ2v) is 6.80. The van der Waals surface area contributed by atoms with Gasteiger partial charge in [-0.2, -0.15) is 4.98 Å². The van der Waals surface area contributed by atoms with Crippen molar-refractivity contribution in [2.75, 3.05) is 27.3 Å². The molecule has 0 spiro atoms. The molecule has 0 saturated carbocycles. The molecule has 1 aliphatic heterocycles. The second kappa shape index (κ2) is 9.44. The van der Waals surface area contributed by atoms with Crippen LogP contribution in [0, 0.1) is 0 Å². The van der Waals surface area contributed by atoms with Crippen LogP contribution in [-0.2, 0) is 19.0 Å². The summed E-state index contributed by atoms with van der Waals surface area (Å²) in [6.45, 7) is 1.88. The highest BCUT2D eigenvalue weighted by atomic mass is 16.7. The average molecular weight is 400 g/mol. The maximum absolute atomic E-state index is 12.2. The zero-order valence-corrected chi connectivity index (χ0v) is 16.6. The fourth-order valence-electron chi connectivity index (χ4n) is 2.70. The lowest BCUT2D eigenvalue weighted by Gasteiger charge is -2.15.